The van der Waals surface area contributed by atoms with Crippen molar-refractivity contribution in [3.05, 3.63) is 29.8 Å². The first kappa shape index (κ1) is 10.6. The molecule has 0 N–H and O–H groups in total. The number of rotatable bonds is 2. The number of benzene rings is 1. The lowest BCUT2D eigenvalue weighted by atomic mass is 10.2. The summed E-state index contributed by atoms with van der Waals surface area (Å²) in [6.45, 7) is 1.99. The van der Waals surface area contributed by atoms with Crippen LogP contribution in [0.4, 0.5) is 0 Å². The monoisotopic (exact) mass is 222 g/mol. The van der Waals surface area contributed by atoms with Crippen LogP contribution in [0.1, 0.15) is 24.8 Å². The minimum atomic E-state index is -1.15. The quantitative estimate of drug-likeness (QED) is 0.769. The van der Waals surface area contributed by atoms with Crippen molar-refractivity contribution < 1.29 is 9.00 Å². The van der Waals surface area contributed by atoms with Crippen LogP contribution in [-0.2, 0) is 15.6 Å². The number of hydrogen-bond donors (Lipinski definition) is 0. The first-order chi connectivity index (χ1) is 7.18. The molecule has 0 spiro atoms. The molecule has 1 unspecified atom stereocenters. The Bertz CT molecular complexity index is 395. The summed E-state index contributed by atoms with van der Waals surface area (Å²) in [4.78, 5) is 12.2. The van der Waals surface area contributed by atoms with E-state index in [-0.39, 0.29) is 11.0 Å². The maximum atomic E-state index is 12.1. The normalized spacial score (nSPS) is 23.0. The summed E-state index contributed by atoms with van der Waals surface area (Å²) >= 11 is 0. The van der Waals surface area contributed by atoms with Crippen molar-refractivity contribution in [3.8, 4) is 0 Å². The van der Waals surface area contributed by atoms with Crippen LogP contribution in [0.15, 0.2) is 29.2 Å². The lowest BCUT2D eigenvalue weighted by Crippen LogP contribution is -2.19. The van der Waals surface area contributed by atoms with Gasteiger partial charge >= 0.3 is 0 Å². The third kappa shape index (κ3) is 2.17. The fourth-order valence-corrected chi connectivity index (χ4v) is 3.32. The van der Waals surface area contributed by atoms with Gasteiger partial charge in [-0.1, -0.05) is 17.7 Å². The molecule has 2 nitrogen and oxygen atoms in total. The highest BCUT2D eigenvalue weighted by Crippen LogP contribution is 2.24. The van der Waals surface area contributed by atoms with E-state index in [9.17, 15) is 9.00 Å². The van der Waals surface area contributed by atoms with E-state index in [2.05, 4.69) is 0 Å². The zero-order valence-electron chi connectivity index (χ0n) is 8.73. The van der Waals surface area contributed by atoms with Gasteiger partial charge < -0.3 is 0 Å². The van der Waals surface area contributed by atoms with E-state index in [1.807, 2.05) is 31.2 Å². The van der Waals surface area contributed by atoms with Crippen molar-refractivity contribution >= 4 is 16.6 Å². The SMILES string of the molecule is Cc1ccc(S(=O)[C@@H]2CCCC2=O)cc1. The second kappa shape index (κ2) is 4.27. The molecule has 0 amide bonds. The van der Waals surface area contributed by atoms with E-state index in [1.54, 1.807) is 0 Å². The molecule has 0 aliphatic heterocycles. The summed E-state index contributed by atoms with van der Waals surface area (Å²) < 4.78 is 12.1. The number of Topliss-reactive ketones (excluding diaryl/α,β-unsaturated/α-hetero) is 1. The predicted molar refractivity (Wildman–Crippen MR) is 60.2 cm³/mol. The van der Waals surface area contributed by atoms with Gasteiger partial charge in [0.15, 0.2) is 0 Å². The molecule has 2 rings (SSSR count). The summed E-state index contributed by atoms with van der Waals surface area (Å²) in [6, 6.07) is 7.59. The van der Waals surface area contributed by atoms with Crippen LogP contribution in [0.5, 0.6) is 0 Å². The standard InChI is InChI=1S/C12H14O2S/c1-9-5-7-10(8-6-9)15(14)12-4-2-3-11(12)13/h5-8,12H,2-4H2,1H3/t12-,15?/m1/s1. The molecule has 80 valence electrons. The highest BCUT2D eigenvalue weighted by molar-refractivity contribution is 7.86. The Morgan fingerprint density at radius 3 is 2.47 bits per heavy atom. The van der Waals surface area contributed by atoms with Crippen LogP contribution in [0, 0.1) is 6.92 Å². The number of ketones is 1. The van der Waals surface area contributed by atoms with Crippen molar-refractivity contribution in [2.75, 3.05) is 0 Å². The Kier molecular flexibility index (Phi) is 3.00. The van der Waals surface area contributed by atoms with Gasteiger partial charge in [0.25, 0.3) is 0 Å². The van der Waals surface area contributed by atoms with Gasteiger partial charge in [-0.3, -0.25) is 9.00 Å². The smallest absolute Gasteiger partial charge is 0.148 e. The minimum absolute atomic E-state index is 0.161. The number of hydrogen-bond acceptors (Lipinski definition) is 2. The maximum Gasteiger partial charge on any atom is 0.148 e. The van der Waals surface area contributed by atoms with Crippen LogP contribution in [-0.4, -0.2) is 15.2 Å². The van der Waals surface area contributed by atoms with Crippen LogP contribution in [0.25, 0.3) is 0 Å². The van der Waals surface area contributed by atoms with E-state index < -0.39 is 10.8 Å². The van der Waals surface area contributed by atoms with Gasteiger partial charge in [-0.05, 0) is 31.9 Å². The number of carbonyl (C=O) groups is 1. The third-order valence-electron chi connectivity index (χ3n) is 2.76. The van der Waals surface area contributed by atoms with Gasteiger partial charge in [0.05, 0.1) is 16.0 Å². The topological polar surface area (TPSA) is 34.1 Å². The van der Waals surface area contributed by atoms with E-state index in [0.717, 1.165) is 23.3 Å². The van der Waals surface area contributed by atoms with E-state index >= 15 is 0 Å². The van der Waals surface area contributed by atoms with Crippen LogP contribution >= 0.6 is 0 Å². The molecule has 0 aromatic heterocycles. The average molecular weight is 222 g/mol. The molecular formula is C12H14O2S. The predicted octanol–water partition coefficient (Wildman–Crippen LogP) is 2.22. The molecule has 1 fully saturated rings. The molecular weight excluding hydrogens is 208 g/mol. The molecule has 1 aromatic rings. The van der Waals surface area contributed by atoms with Crippen molar-refractivity contribution in [2.24, 2.45) is 0 Å². The first-order valence-electron chi connectivity index (χ1n) is 5.18. The van der Waals surface area contributed by atoms with Gasteiger partial charge in [0, 0.05) is 11.3 Å². The highest BCUT2D eigenvalue weighted by atomic mass is 32.2. The fourth-order valence-electron chi connectivity index (χ4n) is 1.85. The molecule has 1 aliphatic rings. The molecule has 2 atom stereocenters. The second-order valence-corrected chi connectivity index (χ2v) is 5.59. The Labute approximate surface area is 92.2 Å². The zero-order chi connectivity index (χ0) is 10.8. The van der Waals surface area contributed by atoms with Gasteiger partial charge in [-0.2, -0.15) is 0 Å². The van der Waals surface area contributed by atoms with Gasteiger partial charge in [0.1, 0.15) is 5.78 Å². The molecule has 0 bridgehead atoms. The molecule has 1 saturated carbocycles. The molecule has 0 radical (unpaired) electrons. The van der Waals surface area contributed by atoms with E-state index in [0.29, 0.717) is 6.42 Å². The second-order valence-electron chi connectivity index (χ2n) is 3.96. The third-order valence-corrected chi connectivity index (χ3v) is 4.51. The van der Waals surface area contributed by atoms with Crippen molar-refractivity contribution in [1.82, 2.24) is 0 Å². The van der Waals surface area contributed by atoms with Gasteiger partial charge in [-0.25, -0.2) is 0 Å². The largest absolute Gasteiger partial charge is 0.298 e. The Morgan fingerprint density at radius 1 is 1.27 bits per heavy atom. The van der Waals surface area contributed by atoms with Crippen molar-refractivity contribution in [2.45, 2.75) is 36.3 Å². The lowest BCUT2D eigenvalue weighted by Gasteiger charge is -2.07. The number of carbonyl (C=O) groups excluding carboxylic acids is 1. The first-order valence-corrected chi connectivity index (χ1v) is 6.40. The summed E-state index contributed by atoms with van der Waals surface area (Å²) in [7, 11) is -1.15. The van der Waals surface area contributed by atoms with Crippen LogP contribution in [0.2, 0.25) is 0 Å². The summed E-state index contributed by atoms with van der Waals surface area (Å²) in [6.07, 6.45) is 2.27. The van der Waals surface area contributed by atoms with E-state index in [1.165, 1.54) is 0 Å². The van der Waals surface area contributed by atoms with Gasteiger partial charge in [-0.15, -0.1) is 0 Å². The fraction of sp³-hybridized carbons (Fsp3) is 0.417. The summed E-state index contributed by atoms with van der Waals surface area (Å²) in [5.74, 6) is 0.161. The molecule has 1 aromatic carbocycles. The van der Waals surface area contributed by atoms with Crippen LogP contribution in [0.3, 0.4) is 0 Å². The Hall–Kier alpha value is -0.960. The van der Waals surface area contributed by atoms with Gasteiger partial charge in [0.2, 0.25) is 0 Å². The highest BCUT2D eigenvalue weighted by Gasteiger charge is 2.30. The zero-order valence-corrected chi connectivity index (χ0v) is 9.55. The van der Waals surface area contributed by atoms with Crippen molar-refractivity contribution in [3.63, 3.8) is 0 Å². The average Bonchev–Trinajstić information content (AvgIpc) is 2.65. The van der Waals surface area contributed by atoms with E-state index in [4.69, 9.17) is 0 Å². The number of aryl methyl sites for hydroxylation is 1. The molecule has 0 heterocycles. The lowest BCUT2D eigenvalue weighted by molar-refractivity contribution is -0.117. The maximum absolute atomic E-state index is 12.1. The molecule has 0 saturated heterocycles. The molecule has 1 aliphatic carbocycles. The minimum Gasteiger partial charge on any atom is -0.298 e. The Balaban J connectivity index is 2.20. The van der Waals surface area contributed by atoms with Crippen molar-refractivity contribution in [1.29, 1.82) is 0 Å². The summed E-state index contributed by atoms with van der Waals surface area (Å²) in [5, 5.41) is -0.257. The Morgan fingerprint density at radius 2 is 1.93 bits per heavy atom. The van der Waals surface area contributed by atoms with Crippen LogP contribution < -0.4 is 0 Å². The molecule has 15 heavy (non-hydrogen) atoms. The molecule has 3 heteroatoms. The summed E-state index contributed by atoms with van der Waals surface area (Å²) in [5.41, 5.74) is 1.15.